The van der Waals surface area contributed by atoms with Crippen molar-refractivity contribution >= 4 is 11.6 Å². The molecule has 1 aromatic carbocycles. The van der Waals surface area contributed by atoms with E-state index in [0.29, 0.717) is 23.5 Å². The number of amides is 1. The van der Waals surface area contributed by atoms with Crippen molar-refractivity contribution in [2.24, 2.45) is 0 Å². The SMILES string of the molecule is COc1c(N)cccc1C(=O)NCC(C)(C)OC. The number of carbonyl (C=O) groups excluding carboxylic acids is 1. The average molecular weight is 252 g/mol. The van der Waals surface area contributed by atoms with Crippen LogP contribution in [0.5, 0.6) is 5.75 Å². The van der Waals surface area contributed by atoms with Crippen LogP contribution >= 0.6 is 0 Å². The minimum absolute atomic E-state index is 0.232. The molecule has 0 aromatic heterocycles. The second-order valence-electron chi connectivity index (χ2n) is 4.57. The molecule has 100 valence electrons. The zero-order chi connectivity index (χ0) is 13.8. The van der Waals surface area contributed by atoms with Crippen LogP contribution in [0.2, 0.25) is 0 Å². The van der Waals surface area contributed by atoms with E-state index in [1.807, 2.05) is 13.8 Å². The second kappa shape index (κ2) is 5.73. The first-order valence-electron chi connectivity index (χ1n) is 5.67. The van der Waals surface area contributed by atoms with Crippen molar-refractivity contribution in [2.75, 3.05) is 26.5 Å². The Bertz CT molecular complexity index is 430. The lowest BCUT2D eigenvalue weighted by Gasteiger charge is -2.23. The van der Waals surface area contributed by atoms with Gasteiger partial charge in [0.1, 0.15) is 0 Å². The van der Waals surface area contributed by atoms with Gasteiger partial charge in [-0.3, -0.25) is 4.79 Å². The summed E-state index contributed by atoms with van der Waals surface area (Å²) in [6, 6.07) is 5.08. The van der Waals surface area contributed by atoms with Crippen LogP contribution in [0, 0.1) is 0 Å². The number of hydrogen-bond donors (Lipinski definition) is 2. The van der Waals surface area contributed by atoms with Crippen molar-refractivity contribution in [3.8, 4) is 5.75 Å². The molecule has 1 amide bonds. The fourth-order valence-electron chi connectivity index (χ4n) is 1.42. The average Bonchev–Trinajstić information content (AvgIpc) is 2.35. The summed E-state index contributed by atoms with van der Waals surface area (Å²) < 4.78 is 10.4. The number of nitrogens with one attached hydrogen (secondary N) is 1. The first-order valence-corrected chi connectivity index (χ1v) is 5.67. The quantitative estimate of drug-likeness (QED) is 0.777. The van der Waals surface area contributed by atoms with E-state index in [2.05, 4.69) is 5.32 Å². The number of carbonyl (C=O) groups is 1. The maximum atomic E-state index is 12.0. The highest BCUT2D eigenvalue weighted by atomic mass is 16.5. The molecule has 3 N–H and O–H groups in total. The monoisotopic (exact) mass is 252 g/mol. The third kappa shape index (κ3) is 3.37. The molecule has 0 heterocycles. The van der Waals surface area contributed by atoms with Gasteiger partial charge >= 0.3 is 0 Å². The summed E-state index contributed by atoms with van der Waals surface area (Å²) in [6.07, 6.45) is 0. The minimum atomic E-state index is -0.413. The molecule has 0 radical (unpaired) electrons. The number of hydrogen-bond acceptors (Lipinski definition) is 4. The fourth-order valence-corrected chi connectivity index (χ4v) is 1.42. The first-order chi connectivity index (χ1) is 8.41. The van der Waals surface area contributed by atoms with Gasteiger partial charge < -0.3 is 20.5 Å². The topological polar surface area (TPSA) is 73.6 Å². The van der Waals surface area contributed by atoms with E-state index in [1.54, 1.807) is 25.3 Å². The second-order valence-corrected chi connectivity index (χ2v) is 4.57. The van der Waals surface area contributed by atoms with Crippen LogP contribution in [0.1, 0.15) is 24.2 Å². The number of ether oxygens (including phenoxy) is 2. The highest BCUT2D eigenvalue weighted by Gasteiger charge is 2.20. The van der Waals surface area contributed by atoms with E-state index in [9.17, 15) is 4.79 Å². The van der Waals surface area contributed by atoms with Crippen LogP contribution < -0.4 is 15.8 Å². The van der Waals surface area contributed by atoms with Gasteiger partial charge in [0.25, 0.3) is 5.91 Å². The van der Waals surface area contributed by atoms with E-state index >= 15 is 0 Å². The summed E-state index contributed by atoms with van der Waals surface area (Å²) in [4.78, 5) is 12.0. The number of anilines is 1. The zero-order valence-corrected chi connectivity index (χ0v) is 11.2. The Morgan fingerprint density at radius 1 is 1.39 bits per heavy atom. The molecule has 0 aliphatic heterocycles. The fraction of sp³-hybridized carbons (Fsp3) is 0.462. The third-order valence-corrected chi connectivity index (χ3v) is 2.72. The smallest absolute Gasteiger partial charge is 0.255 e. The zero-order valence-electron chi connectivity index (χ0n) is 11.2. The number of rotatable bonds is 5. The van der Waals surface area contributed by atoms with Gasteiger partial charge in [0.2, 0.25) is 0 Å². The normalized spacial score (nSPS) is 11.1. The lowest BCUT2D eigenvalue weighted by atomic mass is 10.1. The summed E-state index contributed by atoms with van der Waals surface area (Å²) in [5.74, 6) is 0.162. The largest absolute Gasteiger partial charge is 0.494 e. The number of methoxy groups -OCH3 is 2. The molecule has 0 aliphatic rings. The molecule has 1 aromatic rings. The Morgan fingerprint density at radius 2 is 2.06 bits per heavy atom. The molecule has 0 spiro atoms. The van der Waals surface area contributed by atoms with Gasteiger partial charge in [0.15, 0.2) is 5.75 Å². The lowest BCUT2D eigenvalue weighted by Crippen LogP contribution is -2.39. The highest BCUT2D eigenvalue weighted by molar-refractivity contribution is 5.98. The molecule has 0 atom stereocenters. The van der Waals surface area contributed by atoms with E-state index in [0.717, 1.165) is 0 Å². The molecular formula is C13H20N2O3. The van der Waals surface area contributed by atoms with E-state index < -0.39 is 5.60 Å². The first kappa shape index (κ1) is 14.3. The number of nitrogens with two attached hydrogens (primary N) is 1. The lowest BCUT2D eigenvalue weighted by molar-refractivity contribution is 0.0228. The molecule has 5 nitrogen and oxygen atoms in total. The van der Waals surface area contributed by atoms with Gasteiger partial charge in [-0.1, -0.05) is 6.07 Å². The predicted octanol–water partition coefficient (Wildman–Crippen LogP) is 1.43. The van der Waals surface area contributed by atoms with Crippen LogP contribution in [0.15, 0.2) is 18.2 Å². The highest BCUT2D eigenvalue weighted by Crippen LogP contribution is 2.25. The maximum absolute atomic E-state index is 12.0. The van der Waals surface area contributed by atoms with Gasteiger partial charge in [-0.25, -0.2) is 0 Å². The van der Waals surface area contributed by atoms with Gasteiger partial charge in [-0.2, -0.15) is 0 Å². The number of nitrogen functional groups attached to an aromatic ring is 1. The minimum Gasteiger partial charge on any atom is -0.494 e. The molecule has 5 heteroatoms. The summed E-state index contributed by atoms with van der Waals surface area (Å²) in [7, 11) is 3.09. The molecule has 0 fully saturated rings. The number of para-hydroxylation sites is 1. The predicted molar refractivity (Wildman–Crippen MR) is 70.8 cm³/mol. The van der Waals surface area contributed by atoms with Crippen molar-refractivity contribution < 1.29 is 14.3 Å². The van der Waals surface area contributed by atoms with E-state index in [-0.39, 0.29) is 5.91 Å². The van der Waals surface area contributed by atoms with Crippen LogP contribution in [0.25, 0.3) is 0 Å². The van der Waals surface area contributed by atoms with Crippen LogP contribution in [0.4, 0.5) is 5.69 Å². The molecule has 0 unspecified atom stereocenters. The Kier molecular flexibility index (Phi) is 4.55. The molecular weight excluding hydrogens is 232 g/mol. The molecule has 18 heavy (non-hydrogen) atoms. The van der Waals surface area contributed by atoms with Crippen molar-refractivity contribution in [3.05, 3.63) is 23.8 Å². The van der Waals surface area contributed by atoms with Crippen LogP contribution in [-0.4, -0.2) is 32.3 Å². The molecule has 0 saturated heterocycles. The van der Waals surface area contributed by atoms with Crippen LogP contribution in [0.3, 0.4) is 0 Å². The summed E-state index contributed by atoms with van der Waals surface area (Å²) in [5.41, 5.74) is 6.20. The van der Waals surface area contributed by atoms with Gasteiger partial charge in [0, 0.05) is 13.7 Å². The Morgan fingerprint density at radius 3 is 2.61 bits per heavy atom. The van der Waals surface area contributed by atoms with Crippen LogP contribution in [-0.2, 0) is 4.74 Å². The van der Waals surface area contributed by atoms with Crippen molar-refractivity contribution in [1.29, 1.82) is 0 Å². The standard InChI is InChI=1S/C13H20N2O3/c1-13(2,18-4)8-15-12(16)9-6-5-7-10(14)11(9)17-3/h5-7H,8,14H2,1-4H3,(H,15,16). The van der Waals surface area contributed by atoms with Gasteiger partial charge in [-0.05, 0) is 26.0 Å². The molecule has 1 rings (SSSR count). The number of benzene rings is 1. The van der Waals surface area contributed by atoms with Crippen molar-refractivity contribution in [3.63, 3.8) is 0 Å². The summed E-state index contributed by atoms with van der Waals surface area (Å²) in [5, 5.41) is 2.79. The van der Waals surface area contributed by atoms with Gasteiger partial charge in [-0.15, -0.1) is 0 Å². The van der Waals surface area contributed by atoms with E-state index in [4.69, 9.17) is 15.2 Å². The molecule has 0 aliphatic carbocycles. The van der Waals surface area contributed by atoms with E-state index in [1.165, 1.54) is 7.11 Å². The summed E-state index contributed by atoms with van der Waals surface area (Å²) >= 11 is 0. The van der Waals surface area contributed by atoms with Gasteiger partial charge in [0.05, 0.1) is 24.0 Å². The maximum Gasteiger partial charge on any atom is 0.255 e. The Hall–Kier alpha value is -1.75. The summed E-state index contributed by atoms with van der Waals surface area (Å²) in [6.45, 7) is 4.19. The third-order valence-electron chi connectivity index (χ3n) is 2.72. The van der Waals surface area contributed by atoms with Crippen molar-refractivity contribution in [1.82, 2.24) is 5.32 Å². The molecule has 0 bridgehead atoms. The Balaban J connectivity index is 2.82. The molecule has 0 saturated carbocycles. The Labute approximate surface area is 107 Å². The van der Waals surface area contributed by atoms with Crippen molar-refractivity contribution in [2.45, 2.75) is 19.4 Å².